The summed E-state index contributed by atoms with van der Waals surface area (Å²) in [5.74, 6) is 0.738. The van der Waals surface area contributed by atoms with Crippen LogP contribution in [-0.2, 0) is 6.54 Å². The number of carbonyl (C=O) groups is 1. The minimum absolute atomic E-state index is 0.0797. The lowest BCUT2D eigenvalue weighted by molar-refractivity contribution is 0.104. The van der Waals surface area contributed by atoms with Crippen LogP contribution in [-0.4, -0.2) is 27.2 Å². The van der Waals surface area contributed by atoms with Crippen molar-refractivity contribution < 1.29 is 15.0 Å². The molecule has 1 saturated carbocycles. The minimum atomic E-state index is -0.841. The highest BCUT2D eigenvalue weighted by molar-refractivity contribution is 5.65. The van der Waals surface area contributed by atoms with Crippen LogP contribution in [0, 0.1) is 0 Å². The van der Waals surface area contributed by atoms with Crippen molar-refractivity contribution >= 4 is 6.09 Å². The molecule has 2 aromatic carbocycles. The monoisotopic (exact) mass is 325 g/mol. The number of hydrogen-bond acceptors (Lipinski definition) is 2. The highest BCUT2D eigenvalue weighted by Gasteiger charge is 2.29. The van der Waals surface area contributed by atoms with Crippen LogP contribution in [0.15, 0.2) is 54.6 Å². The predicted octanol–water partition coefficient (Wildman–Crippen LogP) is 4.60. The largest absolute Gasteiger partial charge is 0.508 e. The number of phenolic OH excluding ortho intramolecular Hbond substituents is 1. The van der Waals surface area contributed by atoms with Gasteiger partial charge in [-0.2, -0.15) is 0 Å². The maximum Gasteiger partial charge on any atom is 0.407 e. The second-order valence-corrected chi connectivity index (χ2v) is 6.49. The third kappa shape index (κ3) is 3.88. The van der Waals surface area contributed by atoms with Gasteiger partial charge < -0.3 is 15.1 Å². The van der Waals surface area contributed by atoms with E-state index < -0.39 is 6.09 Å². The third-order valence-electron chi connectivity index (χ3n) is 4.94. The molecule has 2 aromatic rings. The number of nitrogens with zero attached hydrogens (tertiary/aromatic N) is 1. The molecule has 2 N–H and O–H groups in total. The zero-order valence-corrected chi connectivity index (χ0v) is 13.6. The van der Waals surface area contributed by atoms with E-state index in [0.717, 1.165) is 31.2 Å². The fourth-order valence-corrected chi connectivity index (χ4v) is 3.60. The van der Waals surface area contributed by atoms with E-state index in [2.05, 4.69) is 0 Å². The van der Waals surface area contributed by atoms with E-state index in [9.17, 15) is 15.0 Å². The van der Waals surface area contributed by atoms with Crippen molar-refractivity contribution in [1.82, 2.24) is 4.90 Å². The Bertz CT molecular complexity index is 661. The molecule has 0 aromatic heterocycles. The molecule has 126 valence electrons. The molecule has 4 heteroatoms. The molecule has 1 aliphatic rings. The first-order valence-electron chi connectivity index (χ1n) is 8.46. The lowest BCUT2D eigenvalue weighted by Gasteiger charge is -2.35. The minimum Gasteiger partial charge on any atom is -0.508 e. The summed E-state index contributed by atoms with van der Waals surface area (Å²) >= 11 is 0. The normalized spacial score (nSPS) is 20.5. The molecular weight excluding hydrogens is 302 g/mol. The van der Waals surface area contributed by atoms with E-state index in [1.807, 2.05) is 42.5 Å². The van der Waals surface area contributed by atoms with Crippen LogP contribution < -0.4 is 0 Å². The number of carboxylic acid groups (broad SMARTS) is 1. The second kappa shape index (κ2) is 7.39. The molecule has 0 unspecified atom stereocenters. The van der Waals surface area contributed by atoms with Gasteiger partial charge >= 0.3 is 6.09 Å². The maximum absolute atomic E-state index is 11.7. The number of aromatic hydroxyl groups is 1. The van der Waals surface area contributed by atoms with Crippen molar-refractivity contribution in [2.45, 2.75) is 44.2 Å². The molecule has 1 amide bonds. The fraction of sp³-hybridized carbons (Fsp3) is 0.350. The van der Waals surface area contributed by atoms with Crippen molar-refractivity contribution in [2.75, 3.05) is 0 Å². The summed E-state index contributed by atoms with van der Waals surface area (Å²) in [6.45, 7) is 0.449. The Balaban J connectivity index is 1.63. The van der Waals surface area contributed by atoms with Gasteiger partial charge in [0.15, 0.2) is 0 Å². The van der Waals surface area contributed by atoms with Gasteiger partial charge in [0.05, 0.1) is 0 Å². The molecule has 0 spiro atoms. The van der Waals surface area contributed by atoms with Gasteiger partial charge in [0.2, 0.25) is 0 Å². The summed E-state index contributed by atoms with van der Waals surface area (Å²) in [5.41, 5.74) is 2.26. The van der Waals surface area contributed by atoms with E-state index in [-0.39, 0.29) is 11.8 Å². The van der Waals surface area contributed by atoms with Gasteiger partial charge in [0.25, 0.3) is 0 Å². The van der Waals surface area contributed by atoms with Crippen LogP contribution in [0.5, 0.6) is 5.75 Å². The molecule has 0 atom stereocenters. The second-order valence-electron chi connectivity index (χ2n) is 6.49. The molecule has 0 radical (unpaired) electrons. The summed E-state index contributed by atoms with van der Waals surface area (Å²) in [4.78, 5) is 13.3. The summed E-state index contributed by atoms with van der Waals surface area (Å²) in [6, 6.07) is 17.2. The predicted molar refractivity (Wildman–Crippen MR) is 93.1 cm³/mol. The van der Waals surface area contributed by atoms with Gasteiger partial charge in [0.1, 0.15) is 5.75 Å². The Morgan fingerprint density at radius 2 is 1.58 bits per heavy atom. The van der Waals surface area contributed by atoms with E-state index >= 15 is 0 Å². The van der Waals surface area contributed by atoms with E-state index in [1.54, 1.807) is 17.0 Å². The van der Waals surface area contributed by atoms with Crippen LogP contribution in [0.25, 0.3) is 0 Å². The van der Waals surface area contributed by atoms with Gasteiger partial charge in [-0.1, -0.05) is 42.5 Å². The fourth-order valence-electron chi connectivity index (χ4n) is 3.60. The molecule has 4 nitrogen and oxygen atoms in total. The van der Waals surface area contributed by atoms with Crippen molar-refractivity contribution in [3.63, 3.8) is 0 Å². The maximum atomic E-state index is 11.7. The quantitative estimate of drug-likeness (QED) is 0.863. The molecule has 24 heavy (non-hydrogen) atoms. The number of hydrogen-bond donors (Lipinski definition) is 2. The summed E-state index contributed by atoms with van der Waals surface area (Å²) in [7, 11) is 0. The smallest absolute Gasteiger partial charge is 0.407 e. The van der Waals surface area contributed by atoms with Crippen molar-refractivity contribution in [1.29, 1.82) is 0 Å². The first-order valence-corrected chi connectivity index (χ1v) is 8.46. The lowest BCUT2D eigenvalue weighted by atomic mass is 9.81. The van der Waals surface area contributed by atoms with Crippen LogP contribution >= 0.6 is 0 Å². The molecule has 1 aliphatic carbocycles. The van der Waals surface area contributed by atoms with Crippen molar-refractivity contribution in [3.05, 3.63) is 65.7 Å². The number of benzene rings is 2. The van der Waals surface area contributed by atoms with Gasteiger partial charge in [0, 0.05) is 12.6 Å². The first kappa shape index (κ1) is 16.4. The first-order chi connectivity index (χ1) is 11.6. The number of amides is 1. The number of rotatable bonds is 4. The van der Waals surface area contributed by atoms with E-state index in [0.29, 0.717) is 12.5 Å². The molecular formula is C20H23NO3. The van der Waals surface area contributed by atoms with Crippen molar-refractivity contribution in [2.24, 2.45) is 0 Å². The van der Waals surface area contributed by atoms with Crippen molar-refractivity contribution in [3.8, 4) is 5.75 Å². The van der Waals surface area contributed by atoms with Gasteiger partial charge in [-0.3, -0.25) is 0 Å². The Morgan fingerprint density at radius 3 is 2.17 bits per heavy atom. The SMILES string of the molecule is O=C(O)N(Cc1ccccc1)[C@H]1CC[C@H](c2ccc(O)cc2)CC1. The molecule has 0 saturated heterocycles. The summed E-state index contributed by atoms with van der Waals surface area (Å²) in [5, 5.41) is 19.0. The van der Waals surface area contributed by atoms with Crippen LogP contribution in [0.1, 0.15) is 42.7 Å². The Morgan fingerprint density at radius 1 is 0.958 bits per heavy atom. The standard InChI is InChI=1S/C20H23NO3/c22-19-12-8-17(9-13-19)16-6-10-18(11-7-16)21(20(23)24)14-15-4-2-1-3-5-15/h1-5,8-9,12-13,16,18,22H,6-7,10-11,14H2,(H,23,24)/t16-,18-. The molecule has 3 rings (SSSR count). The Kier molecular flexibility index (Phi) is 5.04. The van der Waals surface area contributed by atoms with E-state index in [4.69, 9.17) is 0 Å². The van der Waals surface area contributed by atoms with E-state index in [1.165, 1.54) is 5.56 Å². The van der Waals surface area contributed by atoms with Gasteiger partial charge in [-0.15, -0.1) is 0 Å². The zero-order valence-electron chi connectivity index (χ0n) is 13.6. The lowest BCUT2D eigenvalue weighted by Crippen LogP contribution is -2.40. The topological polar surface area (TPSA) is 60.8 Å². The molecule has 0 heterocycles. The Hall–Kier alpha value is -2.49. The summed E-state index contributed by atoms with van der Waals surface area (Å²) < 4.78 is 0. The molecule has 0 bridgehead atoms. The zero-order chi connectivity index (χ0) is 16.9. The van der Waals surface area contributed by atoms with Gasteiger partial charge in [-0.05, 0) is 54.9 Å². The average Bonchev–Trinajstić information content (AvgIpc) is 2.61. The van der Waals surface area contributed by atoms with Crippen LogP contribution in [0.4, 0.5) is 4.79 Å². The number of phenols is 1. The molecule has 1 fully saturated rings. The highest BCUT2D eigenvalue weighted by Crippen LogP contribution is 2.35. The van der Waals surface area contributed by atoms with Crippen LogP contribution in [0.2, 0.25) is 0 Å². The Labute approximate surface area is 142 Å². The van der Waals surface area contributed by atoms with Gasteiger partial charge in [-0.25, -0.2) is 4.79 Å². The average molecular weight is 325 g/mol. The van der Waals surface area contributed by atoms with Crippen LogP contribution in [0.3, 0.4) is 0 Å². The molecule has 0 aliphatic heterocycles. The third-order valence-corrected chi connectivity index (χ3v) is 4.94. The highest BCUT2D eigenvalue weighted by atomic mass is 16.4. The summed E-state index contributed by atoms with van der Waals surface area (Å²) in [6.07, 6.45) is 2.88.